The zero-order valence-corrected chi connectivity index (χ0v) is 12.0. The van der Waals surface area contributed by atoms with Crippen molar-refractivity contribution >= 4 is 34.8 Å². The summed E-state index contributed by atoms with van der Waals surface area (Å²) in [7, 11) is 1.43. The Kier molecular flexibility index (Phi) is 4.37. The average Bonchev–Trinajstić information content (AvgIpc) is 2.43. The summed E-state index contributed by atoms with van der Waals surface area (Å²) in [5, 5.41) is 12.9. The van der Waals surface area contributed by atoms with E-state index in [1.807, 2.05) is 0 Å². The topological polar surface area (TPSA) is 58.6 Å². The van der Waals surface area contributed by atoms with Gasteiger partial charge in [0.05, 0.1) is 22.8 Å². The van der Waals surface area contributed by atoms with Crippen LogP contribution in [-0.2, 0) is 0 Å². The van der Waals surface area contributed by atoms with Crippen molar-refractivity contribution in [1.29, 1.82) is 0 Å². The van der Waals surface area contributed by atoms with Crippen LogP contribution in [0.5, 0.6) is 11.5 Å². The number of rotatable bonds is 3. The monoisotopic (exact) mass is 311 g/mol. The molecule has 0 heterocycles. The smallest absolute Gasteiger partial charge is 0.255 e. The minimum absolute atomic E-state index is 0.114. The summed E-state index contributed by atoms with van der Waals surface area (Å²) in [5.41, 5.74) is 0.679. The number of hydrogen-bond acceptors (Lipinski definition) is 3. The molecule has 0 aliphatic rings. The highest BCUT2D eigenvalue weighted by atomic mass is 35.5. The van der Waals surface area contributed by atoms with Gasteiger partial charge in [-0.1, -0.05) is 29.3 Å². The lowest BCUT2D eigenvalue weighted by Crippen LogP contribution is -2.12. The van der Waals surface area contributed by atoms with Crippen LogP contribution in [0.3, 0.4) is 0 Å². The number of halogens is 2. The fourth-order valence-corrected chi connectivity index (χ4v) is 1.97. The van der Waals surface area contributed by atoms with Crippen LogP contribution in [0.4, 0.5) is 5.69 Å². The molecule has 0 radical (unpaired) electrons. The number of amides is 1. The molecule has 0 aliphatic heterocycles. The normalized spacial score (nSPS) is 10.2. The van der Waals surface area contributed by atoms with Crippen molar-refractivity contribution in [3.05, 3.63) is 52.0 Å². The number of benzene rings is 2. The van der Waals surface area contributed by atoms with Gasteiger partial charge in [0.15, 0.2) is 11.5 Å². The van der Waals surface area contributed by atoms with E-state index in [9.17, 15) is 9.90 Å². The zero-order valence-electron chi connectivity index (χ0n) is 10.5. The zero-order chi connectivity index (χ0) is 14.7. The molecule has 0 atom stereocenters. The van der Waals surface area contributed by atoms with Crippen LogP contribution in [0, 0.1) is 0 Å². The number of aromatic hydroxyl groups is 1. The summed E-state index contributed by atoms with van der Waals surface area (Å²) in [6.07, 6.45) is 0. The van der Waals surface area contributed by atoms with Crippen molar-refractivity contribution in [3.8, 4) is 11.5 Å². The second-order valence-electron chi connectivity index (χ2n) is 3.94. The Balaban J connectivity index is 2.24. The lowest BCUT2D eigenvalue weighted by molar-refractivity contribution is 0.102. The summed E-state index contributed by atoms with van der Waals surface area (Å²) < 4.78 is 4.91. The molecule has 104 valence electrons. The van der Waals surface area contributed by atoms with E-state index in [0.29, 0.717) is 16.5 Å². The number of anilines is 1. The van der Waals surface area contributed by atoms with Crippen LogP contribution < -0.4 is 10.1 Å². The molecule has 6 heteroatoms. The van der Waals surface area contributed by atoms with Crippen molar-refractivity contribution in [2.45, 2.75) is 0 Å². The fourth-order valence-electron chi connectivity index (χ4n) is 1.63. The number of hydrogen-bond donors (Lipinski definition) is 2. The van der Waals surface area contributed by atoms with Crippen LogP contribution in [0.2, 0.25) is 10.0 Å². The van der Waals surface area contributed by atoms with Gasteiger partial charge >= 0.3 is 0 Å². The van der Waals surface area contributed by atoms with Crippen molar-refractivity contribution in [3.63, 3.8) is 0 Å². The predicted octanol–water partition coefficient (Wildman–Crippen LogP) is 3.96. The van der Waals surface area contributed by atoms with Gasteiger partial charge in [-0.05, 0) is 30.3 Å². The Morgan fingerprint density at radius 3 is 2.65 bits per heavy atom. The second-order valence-corrected chi connectivity index (χ2v) is 4.73. The number of ether oxygens (including phenoxy) is 1. The van der Waals surface area contributed by atoms with Gasteiger partial charge in [-0.25, -0.2) is 0 Å². The number of phenols is 1. The van der Waals surface area contributed by atoms with Crippen LogP contribution in [0.15, 0.2) is 36.4 Å². The molecule has 0 aromatic heterocycles. The molecule has 0 saturated heterocycles. The molecule has 2 rings (SSSR count). The van der Waals surface area contributed by atoms with Gasteiger partial charge in [-0.2, -0.15) is 0 Å². The van der Waals surface area contributed by atoms with E-state index < -0.39 is 5.91 Å². The largest absolute Gasteiger partial charge is 0.504 e. The van der Waals surface area contributed by atoms with Crippen molar-refractivity contribution in [2.75, 3.05) is 12.4 Å². The average molecular weight is 312 g/mol. The van der Waals surface area contributed by atoms with Gasteiger partial charge in [0.1, 0.15) is 0 Å². The first-order valence-corrected chi connectivity index (χ1v) is 6.41. The third kappa shape index (κ3) is 2.98. The maximum Gasteiger partial charge on any atom is 0.255 e. The maximum atomic E-state index is 12.1. The van der Waals surface area contributed by atoms with Gasteiger partial charge in [0.25, 0.3) is 5.91 Å². The van der Waals surface area contributed by atoms with Crippen LogP contribution in [0.25, 0.3) is 0 Å². The summed E-state index contributed by atoms with van der Waals surface area (Å²) in [6.45, 7) is 0. The molecule has 2 aromatic rings. The number of carbonyl (C=O) groups excluding carboxylic acids is 1. The van der Waals surface area contributed by atoms with Gasteiger partial charge in [0, 0.05) is 5.56 Å². The molecule has 4 nitrogen and oxygen atoms in total. The third-order valence-corrected chi connectivity index (χ3v) is 3.46. The number of phenolic OH excluding ortho intramolecular Hbond substituents is 1. The van der Waals surface area contributed by atoms with E-state index in [4.69, 9.17) is 27.9 Å². The van der Waals surface area contributed by atoms with Crippen molar-refractivity contribution in [1.82, 2.24) is 0 Å². The van der Waals surface area contributed by atoms with E-state index >= 15 is 0 Å². The summed E-state index contributed by atoms with van der Waals surface area (Å²) in [6, 6.07) is 9.28. The Bertz CT molecular complexity index is 659. The second kappa shape index (κ2) is 6.03. The summed E-state index contributed by atoms with van der Waals surface area (Å²) >= 11 is 11.9. The molecular weight excluding hydrogens is 301 g/mol. The Hall–Kier alpha value is -1.91. The third-order valence-electron chi connectivity index (χ3n) is 2.64. The molecule has 2 N–H and O–H groups in total. The minimum Gasteiger partial charge on any atom is -0.504 e. The molecule has 2 aromatic carbocycles. The fraction of sp³-hybridized carbons (Fsp3) is 0.0714. The molecule has 1 amide bonds. The van der Waals surface area contributed by atoms with Gasteiger partial charge < -0.3 is 15.2 Å². The highest BCUT2D eigenvalue weighted by molar-refractivity contribution is 6.44. The SMILES string of the molecule is COc1ccc(C(=O)Nc2cccc(Cl)c2Cl)cc1O. The molecule has 20 heavy (non-hydrogen) atoms. The first-order chi connectivity index (χ1) is 9.52. The van der Waals surface area contributed by atoms with Crippen LogP contribution in [-0.4, -0.2) is 18.1 Å². The Morgan fingerprint density at radius 1 is 1.25 bits per heavy atom. The summed E-state index contributed by atoms with van der Waals surface area (Å²) in [4.78, 5) is 12.1. The van der Waals surface area contributed by atoms with E-state index in [-0.39, 0.29) is 16.3 Å². The Labute approximate surface area is 125 Å². The Morgan fingerprint density at radius 2 is 2.00 bits per heavy atom. The summed E-state index contributed by atoms with van der Waals surface area (Å²) in [5.74, 6) is -0.230. The lowest BCUT2D eigenvalue weighted by Gasteiger charge is -2.09. The molecule has 0 aliphatic carbocycles. The molecule has 0 fully saturated rings. The number of nitrogens with one attached hydrogen (secondary N) is 1. The number of methoxy groups -OCH3 is 1. The molecule has 0 saturated carbocycles. The number of carbonyl (C=O) groups is 1. The standard InChI is InChI=1S/C14H11Cl2NO3/c1-20-12-6-5-8(7-11(12)18)14(19)17-10-4-2-3-9(15)13(10)16/h2-7,18H,1H3,(H,17,19). The highest BCUT2D eigenvalue weighted by Gasteiger charge is 2.12. The highest BCUT2D eigenvalue weighted by Crippen LogP contribution is 2.31. The van der Waals surface area contributed by atoms with E-state index in [2.05, 4.69) is 5.32 Å². The van der Waals surface area contributed by atoms with Crippen LogP contribution in [0.1, 0.15) is 10.4 Å². The predicted molar refractivity (Wildman–Crippen MR) is 79.1 cm³/mol. The van der Waals surface area contributed by atoms with E-state index in [1.165, 1.54) is 25.3 Å². The first-order valence-electron chi connectivity index (χ1n) is 5.65. The van der Waals surface area contributed by atoms with E-state index in [0.717, 1.165) is 0 Å². The maximum absolute atomic E-state index is 12.1. The minimum atomic E-state index is -0.410. The van der Waals surface area contributed by atoms with Gasteiger partial charge in [-0.3, -0.25) is 4.79 Å². The molecular formula is C14H11Cl2NO3. The molecule has 0 spiro atoms. The van der Waals surface area contributed by atoms with Gasteiger partial charge in [-0.15, -0.1) is 0 Å². The first kappa shape index (κ1) is 14.5. The quantitative estimate of drug-likeness (QED) is 0.902. The van der Waals surface area contributed by atoms with Gasteiger partial charge in [0.2, 0.25) is 0 Å². The van der Waals surface area contributed by atoms with Crippen LogP contribution >= 0.6 is 23.2 Å². The lowest BCUT2D eigenvalue weighted by atomic mass is 10.2. The van der Waals surface area contributed by atoms with Crippen molar-refractivity contribution < 1.29 is 14.6 Å². The molecule has 0 unspecified atom stereocenters. The molecule has 0 bridgehead atoms. The van der Waals surface area contributed by atoms with Crippen molar-refractivity contribution in [2.24, 2.45) is 0 Å². The van der Waals surface area contributed by atoms with E-state index in [1.54, 1.807) is 18.2 Å².